The van der Waals surface area contributed by atoms with Crippen LogP contribution in [0.25, 0.3) is 16.6 Å². The summed E-state index contributed by atoms with van der Waals surface area (Å²) >= 11 is 0. The van der Waals surface area contributed by atoms with E-state index in [9.17, 15) is 9.90 Å². The first kappa shape index (κ1) is 18.5. The first-order chi connectivity index (χ1) is 15.7. The summed E-state index contributed by atoms with van der Waals surface area (Å²) in [6.45, 7) is 1.16. The molecular weight excluding hydrogens is 410 g/mol. The van der Waals surface area contributed by atoms with E-state index in [0.717, 1.165) is 28.8 Å². The van der Waals surface area contributed by atoms with Crippen LogP contribution in [0.5, 0.6) is 0 Å². The van der Waals surface area contributed by atoms with E-state index in [0.29, 0.717) is 24.7 Å². The second kappa shape index (κ2) is 7.15. The summed E-state index contributed by atoms with van der Waals surface area (Å²) in [4.78, 5) is 32.3. The van der Waals surface area contributed by atoms with Crippen molar-refractivity contribution in [1.29, 1.82) is 0 Å². The molecule has 4 aromatic heterocycles. The maximum absolute atomic E-state index is 11.4. The van der Waals surface area contributed by atoms with Crippen LogP contribution < -0.4 is 10.2 Å². The Morgan fingerprint density at radius 3 is 2.72 bits per heavy atom. The van der Waals surface area contributed by atoms with Gasteiger partial charge in [0.05, 0.1) is 34.9 Å². The summed E-state index contributed by atoms with van der Waals surface area (Å²) in [5.74, 6) is 2.04. The van der Waals surface area contributed by atoms with E-state index in [1.54, 1.807) is 37.2 Å². The van der Waals surface area contributed by atoms with Gasteiger partial charge in [0.25, 0.3) is 0 Å². The van der Waals surface area contributed by atoms with E-state index in [4.69, 9.17) is 5.10 Å². The number of anilines is 3. The fourth-order valence-electron chi connectivity index (χ4n) is 4.61. The summed E-state index contributed by atoms with van der Waals surface area (Å²) in [6.07, 6.45) is 10.1. The quantitative estimate of drug-likeness (QED) is 0.502. The highest BCUT2D eigenvalue weighted by molar-refractivity contribution is 5.92. The highest BCUT2D eigenvalue weighted by Gasteiger charge is 2.45. The van der Waals surface area contributed by atoms with Gasteiger partial charge in [0.15, 0.2) is 5.82 Å². The molecule has 0 aromatic carbocycles. The molecule has 2 saturated heterocycles. The summed E-state index contributed by atoms with van der Waals surface area (Å²) in [6, 6.07) is 5.96. The van der Waals surface area contributed by atoms with Crippen LogP contribution in [0.2, 0.25) is 0 Å². The summed E-state index contributed by atoms with van der Waals surface area (Å²) in [5.41, 5.74) is 1.75. The van der Waals surface area contributed by atoms with Crippen molar-refractivity contribution in [2.75, 3.05) is 23.3 Å². The molecule has 32 heavy (non-hydrogen) atoms. The minimum atomic E-state index is -0.849. The molecule has 2 aliphatic rings. The van der Waals surface area contributed by atoms with Gasteiger partial charge in [-0.15, -0.1) is 5.10 Å². The van der Waals surface area contributed by atoms with E-state index >= 15 is 0 Å². The number of likely N-dealkylation sites (tertiary alicyclic amines) is 1. The average Bonchev–Trinajstić information content (AvgIpc) is 3.53. The lowest BCUT2D eigenvalue weighted by molar-refractivity contribution is 0.137. The van der Waals surface area contributed by atoms with Gasteiger partial charge >= 0.3 is 6.09 Å². The monoisotopic (exact) mass is 429 g/mol. The largest absolute Gasteiger partial charge is 0.465 e. The summed E-state index contributed by atoms with van der Waals surface area (Å²) < 4.78 is 1.85. The molecule has 11 heteroatoms. The predicted molar refractivity (Wildman–Crippen MR) is 116 cm³/mol. The van der Waals surface area contributed by atoms with Crippen LogP contribution in [0.4, 0.5) is 22.2 Å². The van der Waals surface area contributed by atoms with Crippen molar-refractivity contribution in [3.63, 3.8) is 0 Å². The predicted octanol–water partition coefficient (Wildman–Crippen LogP) is 2.29. The van der Waals surface area contributed by atoms with Crippen LogP contribution in [-0.4, -0.2) is 71.0 Å². The molecule has 0 radical (unpaired) electrons. The molecular formula is C21H19N9O2. The average molecular weight is 429 g/mol. The van der Waals surface area contributed by atoms with Gasteiger partial charge in [-0.2, -0.15) is 0 Å². The number of nitrogens with one attached hydrogen (secondary N) is 1. The van der Waals surface area contributed by atoms with Gasteiger partial charge in [0, 0.05) is 50.1 Å². The van der Waals surface area contributed by atoms with Crippen molar-refractivity contribution in [3.05, 3.63) is 55.4 Å². The van der Waals surface area contributed by atoms with E-state index in [1.807, 2.05) is 22.9 Å². The molecule has 160 valence electrons. The molecule has 0 saturated carbocycles. The highest BCUT2D eigenvalue weighted by atomic mass is 16.4. The number of nitrogens with zero attached hydrogens (tertiary/aromatic N) is 8. The fraction of sp³-hybridized carbons (Fsp3) is 0.238. The van der Waals surface area contributed by atoms with Crippen LogP contribution in [0.15, 0.2) is 55.4 Å². The van der Waals surface area contributed by atoms with Gasteiger partial charge < -0.3 is 20.2 Å². The Bertz CT molecular complexity index is 1310. The molecule has 0 aliphatic carbocycles. The molecule has 0 spiro atoms. The lowest BCUT2D eigenvalue weighted by atomic mass is 10.2. The van der Waals surface area contributed by atoms with Crippen molar-refractivity contribution in [1.82, 2.24) is 34.6 Å². The molecule has 2 N–H and O–H groups in total. The Morgan fingerprint density at radius 2 is 1.94 bits per heavy atom. The fourth-order valence-corrected chi connectivity index (χ4v) is 4.61. The SMILES string of the molecule is O=C(O)N1C[C@@H]2C[C@H]1CN2c1cc(-n2nc(Nc3cnccn3)c3cnccc32)ccn1. The van der Waals surface area contributed by atoms with Gasteiger partial charge in [-0.3, -0.25) is 9.97 Å². The molecule has 2 fully saturated rings. The third-order valence-corrected chi connectivity index (χ3v) is 6.05. The number of amides is 1. The minimum absolute atomic E-state index is 0.0161. The Morgan fingerprint density at radius 1 is 1.03 bits per heavy atom. The van der Waals surface area contributed by atoms with Gasteiger partial charge in [0.2, 0.25) is 0 Å². The summed E-state index contributed by atoms with van der Waals surface area (Å²) in [5, 5.41) is 18.2. The first-order valence-electron chi connectivity index (χ1n) is 10.3. The van der Waals surface area contributed by atoms with Crippen molar-refractivity contribution in [2.24, 2.45) is 0 Å². The maximum Gasteiger partial charge on any atom is 0.407 e. The number of pyridine rings is 2. The lowest BCUT2D eigenvalue weighted by Crippen LogP contribution is -2.48. The Kier molecular flexibility index (Phi) is 4.13. The molecule has 1 amide bonds. The van der Waals surface area contributed by atoms with Crippen molar-refractivity contribution in [3.8, 4) is 5.69 Å². The number of aromatic nitrogens is 6. The second-order valence-electron chi connectivity index (χ2n) is 7.87. The first-order valence-corrected chi connectivity index (χ1v) is 10.3. The second-order valence-corrected chi connectivity index (χ2v) is 7.87. The van der Waals surface area contributed by atoms with Gasteiger partial charge in [-0.25, -0.2) is 19.4 Å². The topological polar surface area (TPSA) is 125 Å². The van der Waals surface area contributed by atoms with Crippen LogP contribution in [0, 0.1) is 0 Å². The number of hydrogen-bond acceptors (Lipinski definition) is 8. The van der Waals surface area contributed by atoms with Crippen molar-refractivity contribution in [2.45, 2.75) is 18.5 Å². The highest BCUT2D eigenvalue weighted by Crippen LogP contribution is 2.35. The van der Waals surface area contributed by atoms with E-state index in [1.165, 1.54) is 4.90 Å². The molecule has 2 atom stereocenters. The lowest BCUT2D eigenvalue weighted by Gasteiger charge is -2.33. The van der Waals surface area contributed by atoms with Crippen LogP contribution in [-0.2, 0) is 0 Å². The number of carboxylic acid groups (broad SMARTS) is 1. The third kappa shape index (κ3) is 2.97. The number of carbonyl (C=O) groups is 1. The Hall–Kier alpha value is -4.28. The molecule has 2 aliphatic heterocycles. The zero-order chi connectivity index (χ0) is 21.7. The van der Waals surface area contributed by atoms with E-state index in [2.05, 4.69) is 30.2 Å². The van der Waals surface area contributed by atoms with Crippen molar-refractivity contribution >= 4 is 34.4 Å². The third-order valence-electron chi connectivity index (χ3n) is 6.05. The molecule has 0 unspecified atom stereocenters. The normalized spacial score (nSPS) is 19.6. The minimum Gasteiger partial charge on any atom is -0.465 e. The number of rotatable bonds is 4. The zero-order valence-electron chi connectivity index (χ0n) is 16.9. The number of hydrogen-bond donors (Lipinski definition) is 2. The maximum atomic E-state index is 11.4. The van der Waals surface area contributed by atoms with Gasteiger partial charge in [-0.05, 0) is 18.6 Å². The molecule has 11 nitrogen and oxygen atoms in total. The van der Waals surface area contributed by atoms with Gasteiger partial charge in [0.1, 0.15) is 11.6 Å². The van der Waals surface area contributed by atoms with E-state index < -0.39 is 6.09 Å². The number of piperazine rings is 1. The standard InChI is InChI=1S/C21H19N9O2/c31-21(32)29-12-14-7-15(29)11-28(14)19-8-13(1-4-25-19)30-17-2-3-22-9-16(17)20(27-30)26-18-10-23-5-6-24-18/h1-6,8-10,14-15H,7,11-12H2,(H,31,32)(H,24,26,27)/t14-,15-/m0/s1. The Labute approximate surface area is 182 Å². The smallest absolute Gasteiger partial charge is 0.407 e. The van der Waals surface area contributed by atoms with Crippen LogP contribution in [0.1, 0.15) is 6.42 Å². The number of fused-ring (bicyclic) bond motifs is 3. The molecule has 4 aromatic rings. The molecule has 2 bridgehead atoms. The molecule has 6 heterocycles. The van der Waals surface area contributed by atoms with E-state index in [-0.39, 0.29) is 12.1 Å². The van der Waals surface area contributed by atoms with Crippen LogP contribution in [0.3, 0.4) is 0 Å². The summed E-state index contributed by atoms with van der Waals surface area (Å²) in [7, 11) is 0. The Balaban J connectivity index is 1.35. The van der Waals surface area contributed by atoms with Gasteiger partial charge in [-0.1, -0.05) is 0 Å². The van der Waals surface area contributed by atoms with Crippen LogP contribution >= 0.6 is 0 Å². The zero-order valence-corrected chi connectivity index (χ0v) is 16.9. The van der Waals surface area contributed by atoms with Crippen molar-refractivity contribution < 1.29 is 9.90 Å². The molecule has 6 rings (SSSR count).